The van der Waals surface area contributed by atoms with E-state index in [4.69, 9.17) is 0 Å². The topological polar surface area (TPSA) is 67.4 Å². The van der Waals surface area contributed by atoms with Crippen LogP contribution >= 0.6 is 0 Å². The summed E-state index contributed by atoms with van der Waals surface area (Å²) in [6.07, 6.45) is 3.28. The van der Waals surface area contributed by atoms with Crippen molar-refractivity contribution in [3.8, 4) is 5.75 Å². The van der Waals surface area contributed by atoms with Crippen LogP contribution in [0.15, 0.2) is 54.6 Å². The summed E-state index contributed by atoms with van der Waals surface area (Å²) in [5.74, 6) is -1.13. The summed E-state index contributed by atoms with van der Waals surface area (Å²) in [7, 11) is 0. The number of amides is 2. The Labute approximate surface area is 149 Å². The molecule has 2 aromatic carbocycles. The van der Waals surface area contributed by atoms with Crippen LogP contribution in [0.25, 0.3) is 6.08 Å². The molecule has 0 atom stereocenters. The second-order valence-electron chi connectivity index (χ2n) is 5.24. The van der Waals surface area contributed by atoms with Gasteiger partial charge in [0.15, 0.2) is 0 Å². The first kappa shape index (κ1) is 19.1. The summed E-state index contributed by atoms with van der Waals surface area (Å²) in [6, 6.07) is 13.0. The predicted molar refractivity (Wildman–Crippen MR) is 93.5 cm³/mol. The van der Waals surface area contributed by atoms with Crippen LogP contribution in [0.5, 0.6) is 5.75 Å². The molecule has 5 nitrogen and oxygen atoms in total. The third kappa shape index (κ3) is 5.70. The number of carbonyl (C=O) groups is 2. The molecule has 0 aliphatic rings. The summed E-state index contributed by atoms with van der Waals surface area (Å²) in [4.78, 5) is 23.7. The van der Waals surface area contributed by atoms with E-state index in [2.05, 4.69) is 15.6 Å². The van der Waals surface area contributed by atoms with Crippen molar-refractivity contribution in [2.24, 2.45) is 0 Å². The Balaban J connectivity index is 1.92. The second-order valence-corrected chi connectivity index (χ2v) is 5.24. The quantitative estimate of drug-likeness (QED) is 0.613. The summed E-state index contributed by atoms with van der Waals surface area (Å²) in [6.45, 7) is -0.955. The van der Waals surface area contributed by atoms with Gasteiger partial charge in [0.1, 0.15) is 5.75 Å². The molecule has 2 aromatic rings. The normalized spacial score (nSPS) is 10.8. The monoisotopic (exact) mass is 360 g/mol. The molecule has 136 valence electrons. The molecule has 0 fully saturated rings. The van der Waals surface area contributed by atoms with Crippen molar-refractivity contribution in [3.05, 3.63) is 71.3 Å². The van der Waals surface area contributed by atoms with Crippen molar-refractivity contribution in [2.75, 3.05) is 0 Å². The van der Waals surface area contributed by atoms with Crippen molar-refractivity contribution < 1.29 is 23.1 Å². The minimum absolute atomic E-state index is 0.0494. The highest BCUT2D eigenvalue weighted by Gasteiger charge is 2.08. The van der Waals surface area contributed by atoms with Crippen LogP contribution in [0, 0.1) is 0 Å². The highest BCUT2D eigenvalue weighted by molar-refractivity contribution is 5.98. The Morgan fingerprint density at radius 2 is 1.77 bits per heavy atom. The van der Waals surface area contributed by atoms with E-state index in [0.29, 0.717) is 11.1 Å². The summed E-state index contributed by atoms with van der Waals surface area (Å²) in [5, 5.41) is 0. The molecule has 0 aliphatic carbocycles. The van der Waals surface area contributed by atoms with Crippen LogP contribution in [0.3, 0.4) is 0 Å². The molecule has 2 rings (SSSR count). The first-order valence-electron chi connectivity index (χ1n) is 7.90. The lowest BCUT2D eigenvalue weighted by Gasteiger charge is -2.08. The van der Waals surface area contributed by atoms with Crippen molar-refractivity contribution in [2.45, 2.75) is 20.0 Å². The minimum atomic E-state index is -2.96. The Morgan fingerprint density at radius 3 is 2.42 bits per heavy atom. The largest absolute Gasteiger partial charge is 0.434 e. The van der Waals surface area contributed by atoms with Crippen LogP contribution in [0.2, 0.25) is 0 Å². The number of hydrazine groups is 1. The van der Waals surface area contributed by atoms with Gasteiger partial charge in [-0.2, -0.15) is 8.78 Å². The van der Waals surface area contributed by atoms with Crippen molar-refractivity contribution in [1.82, 2.24) is 10.9 Å². The Hall–Kier alpha value is -3.22. The lowest BCUT2D eigenvalue weighted by Crippen LogP contribution is -2.40. The van der Waals surface area contributed by atoms with E-state index < -0.39 is 18.4 Å². The van der Waals surface area contributed by atoms with Gasteiger partial charge in [-0.15, -0.1) is 0 Å². The first-order valence-corrected chi connectivity index (χ1v) is 7.90. The number of hydrogen-bond acceptors (Lipinski definition) is 3. The maximum Gasteiger partial charge on any atom is 0.387 e. The number of alkyl halides is 2. The molecule has 2 N–H and O–H groups in total. The van der Waals surface area contributed by atoms with Gasteiger partial charge in [-0.05, 0) is 36.3 Å². The Kier molecular flexibility index (Phi) is 6.84. The van der Waals surface area contributed by atoms with Gasteiger partial charge in [-0.1, -0.05) is 37.3 Å². The summed E-state index contributed by atoms with van der Waals surface area (Å²) >= 11 is 0. The summed E-state index contributed by atoms with van der Waals surface area (Å²) in [5.41, 5.74) is 6.31. The van der Waals surface area contributed by atoms with Gasteiger partial charge >= 0.3 is 6.61 Å². The Bertz CT molecular complexity index is 790. The maximum absolute atomic E-state index is 12.3. The zero-order valence-corrected chi connectivity index (χ0v) is 14.0. The van der Waals surface area contributed by atoms with Gasteiger partial charge in [0.2, 0.25) is 0 Å². The zero-order chi connectivity index (χ0) is 18.9. The number of rotatable bonds is 6. The van der Waals surface area contributed by atoms with E-state index in [9.17, 15) is 18.4 Å². The number of nitrogens with one attached hydrogen (secondary N) is 2. The number of aryl methyl sites for hydroxylation is 1. The highest BCUT2D eigenvalue weighted by Crippen LogP contribution is 2.21. The molecule has 0 unspecified atom stereocenters. The molecule has 2 amide bonds. The van der Waals surface area contributed by atoms with Crippen molar-refractivity contribution >= 4 is 17.9 Å². The van der Waals surface area contributed by atoms with Crippen LogP contribution in [-0.2, 0) is 11.2 Å². The molecule has 7 heteroatoms. The molecule has 26 heavy (non-hydrogen) atoms. The smallest absolute Gasteiger partial charge is 0.387 e. The molecule has 0 bridgehead atoms. The van der Waals surface area contributed by atoms with E-state index >= 15 is 0 Å². The van der Waals surface area contributed by atoms with E-state index in [1.54, 1.807) is 24.3 Å². The molecular weight excluding hydrogens is 342 g/mol. The van der Waals surface area contributed by atoms with Crippen LogP contribution in [-0.4, -0.2) is 18.4 Å². The van der Waals surface area contributed by atoms with E-state index in [-0.39, 0.29) is 5.75 Å². The van der Waals surface area contributed by atoms with Crippen LogP contribution < -0.4 is 15.6 Å². The predicted octanol–water partition coefficient (Wildman–Crippen LogP) is 3.32. The molecule has 0 aliphatic heterocycles. The molecule has 0 spiro atoms. The molecule has 0 radical (unpaired) electrons. The molecule has 0 heterocycles. The minimum Gasteiger partial charge on any atom is -0.434 e. The van der Waals surface area contributed by atoms with Gasteiger partial charge in [0, 0.05) is 17.2 Å². The van der Waals surface area contributed by atoms with Gasteiger partial charge in [0.05, 0.1) is 0 Å². The Morgan fingerprint density at radius 1 is 1.08 bits per heavy atom. The fourth-order valence-corrected chi connectivity index (χ4v) is 2.11. The SMILES string of the molecule is CCc1ccc(C(=O)NNC(=O)/C=C/c2ccccc2OC(F)F)cc1. The zero-order valence-electron chi connectivity index (χ0n) is 14.0. The standard InChI is InChI=1S/C19H18F2N2O3/c1-2-13-7-9-15(10-8-13)18(25)23-22-17(24)12-11-14-5-3-4-6-16(14)26-19(20)21/h3-12,19H,2H2,1H3,(H,22,24)(H,23,25)/b12-11+. The highest BCUT2D eigenvalue weighted by atomic mass is 19.3. The second kappa shape index (κ2) is 9.31. The van der Waals surface area contributed by atoms with E-state index in [1.807, 2.05) is 19.1 Å². The van der Waals surface area contributed by atoms with Gasteiger partial charge in [-0.3, -0.25) is 20.4 Å². The third-order valence-corrected chi connectivity index (χ3v) is 3.47. The van der Waals surface area contributed by atoms with Gasteiger partial charge in [0.25, 0.3) is 11.8 Å². The van der Waals surface area contributed by atoms with Gasteiger partial charge in [-0.25, -0.2) is 0 Å². The average molecular weight is 360 g/mol. The lowest BCUT2D eigenvalue weighted by atomic mass is 10.1. The lowest BCUT2D eigenvalue weighted by molar-refractivity contribution is -0.117. The third-order valence-electron chi connectivity index (χ3n) is 3.47. The molecular formula is C19H18F2N2O3. The van der Waals surface area contributed by atoms with Crippen LogP contribution in [0.1, 0.15) is 28.4 Å². The number of ether oxygens (including phenoxy) is 1. The summed E-state index contributed by atoms with van der Waals surface area (Å²) < 4.78 is 29.1. The van der Waals surface area contributed by atoms with E-state index in [1.165, 1.54) is 18.2 Å². The fraction of sp³-hybridized carbons (Fsp3) is 0.158. The molecule has 0 saturated heterocycles. The molecule has 0 saturated carbocycles. The van der Waals surface area contributed by atoms with Crippen molar-refractivity contribution in [1.29, 1.82) is 0 Å². The number of hydrogen-bond donors (Lipinski definition) is 2. The number of carbonyl (C=O) groups excluding carboxylic acids is 2. The van der Waals surface area contributed by atoms with Crippen molar-refractivity contribution in [3.63, 3.8) is 0 Å². The molecule has 0 aromatic heterocycles. The average Bonchev–Trinajstić information content (AvgIpc) is 2.65. The first-order chi connectivity index (χ1) is 12.5. The number of para-hydroxylation sites is 1. The number of benzene rings is 2. The maximum atomic E-state index is 12.3. The number of halogens is 2. The fourth-order valence-electron chi connectivity index (χ4n) is 2.11. The van der Waals surface area contributed by atoms with E-state index in [0.717, 1.165) is 18.1 Å². The van der Waals surface area contributed by atoms with Crippen LogP contribution in [0.4, 0.5) is 8.78 Å². The van der Waals surface area contributed by atoms with Gasteiger partial charge < -0.3 is 4.74 Å².